The van der Waals surface area contributed by atoms with Gasteiger partial charge >= 0.3 is 40.1 Å². The van der Waals surface area contributed by atoms with Crippen LogP contribution in [0.5, 0.6) is 0 Å². The molecule has 12 heterocycles. The van der Waals surface area contributed by atoms with Gasteiger partial charge in [-0.05, 0) is 57.1 Å². The molecule has 23 nitrogen and oxygen atoms in total. The SMILES string of the molecule is C[N+]1(C)CCCO[B-]12OCc1cc(F)ccc12.C[N+]1(C)CCCO[B-]12OCc1ccc(CI)cc12.C[N+]1(C)CCCO[B-]12OCc1ccc(CO)cc12.C[N+]1(C)CCCO[B-]12OCc1ccc([N+](=O)[O-])cc12.C[N+]1(C)CCCO[B-]12OCc1ccccc12.[C-]#[N+]c1ccc2c(c1)[B-]1(OCCC[N+]1(C)C)OC2. The van der Waals surface area contributed by atoms with Crippen LogP contribution in [0.15, 0.2) is 115 Å². The van der Waals surface area contributed by atoms with Gasteiger partial charge in [0.2, 0.25) is 0 Å². The third-order valence-electron chi connectivity index (χ3n) is 25.5. The quantitative estimate of drug-likeness (QED) is 0.0530. The van der Waals surface area contributed by atoms with Gasteiger partial charge in [-0.2, -0.15) is 0 Å². The number of alkyl halides is 1. The fourth-order valence-corrected chi connectivity index (χ4v) is 19.8. The number of nitro benzene ring substituents is 1. The first-order valence-electron chi connectivity index (χ1n) is 38.0. The van der Waals surface area contributed by atoms with Gasteiger partial charge < -0.3 is 87.3 Å². The van der Waals surface area contributed by atoms with Gasteiger partial charge in [0.25, 0.3) is 5.69 Å². The molecule has 0 saturated carbocycles. The fourth-order valence-electron chi connectivity index (χ4n) is 19.4. The molecule has 0 bridgehead atoms. The summed E-state index contributed by atoms with van der Waals surface area (Å²) in [6, 6.07) is 36.8. The largest absolute Gasteiger partial charge is 0.509 e. The number of fused-ring (bicyclic) bond motifs is 12. The van der Waals surface area contributed by atoms with Crippen LogP contribution in [0, 0.1) is 22.5 Å². The number of aliphatic hydroxyl groups is 1. The molecule has 6 unspecified atom stereocenters. The van der Waals surface area contributed by atoms with Crippen LogP contribution in [-0.2, 0) is 107 Å². The van der Waals surface area contributed by atoms with Crippen molar-refractivity contribution in [2.45, 2.75) is 89.2 Å². The number of nitrogens with zero attached hydrogens (tertiary/aromatic N) is 8. The monoisotopic (exact) mass is 1570 g/mol. The van der Waals surface area contributed by atoms with Crippen molar-refractivity contribution in [3.05, 3.63) is 187 Å². The first-order valence-corrected chi connectivity index (χ1v) is 39.5. The summed E-state index contributed by atoms with van der Waals surface area (Å²) in [4.78, 5) is 14.1. The number of aliphatic hydroxyl groups excluding tert-OH is 1. The van der Waals surface area contributed by atoms with E-state index in [-0.39, 0.29) is 23.0 Å². The molecule has 1 N–H and O–H groups in total. The summed E-state index contributed by atoms with van der Waals surface area (Å²) in [6.45, 7) is 12.8. The van der Waals surface area contributed by atoms with Crippen molar-refractivity contribution in [2.24, 2.45) is 0 Å². The molecular weight excluding hydrogens is 1460 g/mol. The van der Waals surface area contributed by atoms with Gasteiger partial charge in [0, 0.05) is 252 Å². The summed E-state index contributed by atoms with van der Waals surface area (Å²) >= 11 is 2.41. The molecule has 0 aromatic heterocycles. The standard InChI is InChI=1S/C13H19BINO2.C13H17BN2O2.C13H20BNO3.C12H17BFNO2.C12H17BN2O4.C12H18BNO2/c1-16(2)6-3-7-17-14(16)13-8-11(9-15)4-5-12(13)10-18-14;1-15-12-6-5-11-10-18-14(13(11)9-12)16(2,3)7-4-8-17-14;1-15(2)6-3-7-17-14(15)13-8-11(9-16)4-5-12(13)10-18-14;1-15(2)6-3-7-16-13(15)12-5-4-11(14)8-10(12)9-17-13;1-15(2)6-3-7-18-13(15)12-8-11(14(16)17)5-4-10(12)9-19-13;1-14(2)8-5-9-15-13(14)12-7-4-3-6-11(12)10-16-13/h4-5,8H,3,6-7,9-10H2,1-2H3;5-6,9H,4,7-8,10H2,2-3H3;4-5,8,16H,3,6-7,9-10H2,1-2H3;4-5,8H,3,6-7,9H2,1-2H3;4-5,8H,3,6-7,9H2,1-2H3;3-4,6-7H,5,8-10H2,1-2H3. The van der Waals surface area contributed by atoms with Crippen LogP contribution in [0.2, 0.25) is 0 Å². The zero-order chi connectivity index (χ0) is 75.4. The third-order valence-corrected chi connectivity index (χ3v) is 26.4. The average Bonchev–Trinajstić information content (AvgIpc) is 1.59. The Kier molecular flexibility index (Phi) is 22.5. The third kappa shape index (κ3) is 13.8. The Balaban J connectivity index is 0.000000113. The number of nitro groups is 1. The number of hydrogen-bond donors (Lipinski definition) is 1. The summed E-state index contributed by atoms with van der Waals surface area (Å²) in [5, 5.41) is 20.3. The number of quaternary nitrogens is 6. The second-order valence-corrected chi connectivity index (χ2v) is 35.1. The number of benzene rings is 6. The van der Waals surface area contributed by atoms with Gasteiger partial charge in [0.1, 0.15) is 5.82 Å². The molecule has 6 saturated heterocycles. The highest BCUT2D eigenvalue weighted by atomic mass is 127. The van der Waals surface area contributed by atoms with Gasteiger partial charge in [-0.1, -0.05) is 152 Å². The van der Waals surface area contributed by atoms with E-state index in [1.807, 2.05) is 36.4 Å². The smallest absolute Gasteiger partial charge is 0.502 e. The number of rotatable bonds is 3. The normalized spacial score (nSPS) is 29.7. The molecule has 6 spiro atoms. The molecular formula is C75H108B6FIN8O15. The molecule has 18 rings (SSSR count). The lowest BCUT2D eigenvalue weighted by Crippen LogP contribution is -2.74. The minimum Gasteiger partial charge on any atom is -0.509 e. The van der Waals surface area contributed by atoms with E-state index >= 15 is 0 Å². The predicted molar refractivity (Wildman–Crippen MR) is 422 cm³/mol. The highest BCUT2D eigenvalue weighted by molar-refractivity contribution is 14.1. The molecule has 12 aliphatic rings. The van der Waals surface area contributed by atoms with Crippen LogP contribution in [0.25, 0.3) is 4.85 Å². The average molecular weight is 1570 g/mol. The van der Waals surface area contributed by atoms with Gasteiger partial charge in [-0.3, -0.25) is 10.1 Å². The Labute approximate surface area is 639 Å². The van der Waals surface area contributed by atoms with Gasteiger partial charge in [-0.15, -0.1) is 0 Å². The number of non-ortho nitro benzene ring substituents is 1. The molecule has 0 aliphatic carbocycles. The Morgan fingerprint density at radius 3 is 1.10 bits per heavy atom. The van der Waals surface area contributed by atoms with Crippen molar-refractivity contribution in [2.75, 3.05) is 163 Å². The first kappa shape index (κ1) is 78.6. The van der Waals surface area contributed by atoms with Crippen LogP contribution in [0.4, 0.5) is 15.8 Å². The highest BCUT2D eigenvalue weighted by Gasteiger charge is 2.59. The van der Waals surface area contributed by atoms with E-state index in [9.17, 15) is 19.6 Å². The van der Waals surface area contributed by atoms with Crippen molar-refractivity contribution in [3.8, 4) is 0 Å². The maximum Gasteiger partial charge on any atom is 0.502 e. The van der Waals surface area contributed by atoms with Crippen molar-refractivity contribution in [1.29, 1.82) is 0 Å². The molecule has 0 amide bonds. The summed E-state index contributed by atoms with van der Waals surface area (Å²) in [5.74, 6) is -0.207. The lowest BCUT2D eigenvalue weighted by molar-refractivity contribution is -0.812. The molecule has 0 radical (unpaired) electrons. The molecule has 6 aromatic rings. The van der Waals surface area contributed by atoms with Crippen LogP contribution in [0.3, 0.4) is 0 Å². The van der Waals surface area contributed by atoms with Crippen LogP contribution in [0.1, 0.15) is 83.0 Å². The summed E-state index contributed by atoms with van der Waals surface area (Å²) < 4.78 is 91.4. The Hall–Kier alpha value is -5.50. The zero-order valence-electron chi connectivity index (χ0n) is 64.3. The topological polar surface area (TPSA) is 178 Å². The van der Waals surface area contributed by atoms with E-state index in [2.05, 4.69) is 161 Å². The van der Waals surface area contributed by atoms with Crippen LogP contribution in [-0.4, -0.2) is 240 Å². The lowest BCUT2D eigenvalue weighted by Gasteiger charge is -2.55. The minimum absolute atomic E-state index is 0.0624. The van der Waals surface area contributed by atoms with Crippen LogP contribution >= 0.6 is 22.6 Å². The number of hydrogen-bond acceptors (Lipinski definition) is 15. The number of halogens is 2. The fraction of sp³-hybridized carbons (Fsp3) is 0.507. The van der Waals surface area contributed by atoms with Crippen molar-refractivity contribution in [3.63, 3.8) is 0 Å². The predicted octanol–water partition coefficient (Wildman–Crippen LogP) is 6.18. The molecule has 12 aliphatic heterocycles. The molecule has 570 valence electrons. The summed E-state index contributed by atoms with van der Waals surface area (Å²) in [6.07, 6.45) is 6.36. The summed E-state index contributed by atoms with van der Waals surface area (Å²) in [5.41, 5.74) is 16.6. The Bertz CT molecular complexity index is 4210. The molecule has 106 heavy (non-hydrogen) atoms. The molecule has 6 atom stereocenters. The van der Waals surface area contributed by atoms with Gasteiger partial charge in [-0.25, -0.2) is 9.24 Å². The van der Waals surface area contributed by atoms with Crippen LogP contribution < -0.4 is 32.8 Å². The lowest BCUT2D eigenvalue weighted by atomic mass is 9.58. The van der Waals surface area contributed by atoms with E-state index in [0.717, 1.165) is 173 Å². The summed E-state index contributed by atoms with van der Waals surface area (Å²) in [7, 11) is 25.9. The van der Waals surface area contributed by atoms with E-state index in [0.29, 0.717) is 65.1 Å². The van der Waals surface area contributed by atoms with Crippen molar-refractivity contribution < 1.29 is 96.6 Å². The second kappa shape index (κ2) is 30.3. The molecule has 6 aromatic carbocycles. The van der Waals surface area contributed by atoms with E-state index in [4.69, 9.17) is 62.4 Å². The van der Waals surface area contributed by atoms with Gasteiger partial charge in [0.05, 0.1) is 18.1 Å². The molecule has 31 heteroatoms. The van der Waals surface area contributed by atoms with E-state index in [1.165, 1.54) is 45.3 Å². The Morgan fingerprint density at radius 2 is 0.726 bits per heavy atom. The maximum atomic E-state index is 13.2. The highest BCUT2D eigenvalue weighted by Crippen LogP contribution is 2.38. The van der Waals surface area contributed by atoms with E-state index in [1.54, 1.807) is 18.2 Å². The van der Waals surface area contributed by atoms with Gasteiger partial charge in [0.15, 0.2) is 5.69 Å². The van der Waals surface area contributed by atoms with E-state index < -0.39 is 40.1 Å². The zero-order valence-corrected chi connectivity index (χ0v) is 66.5. The van der Waals surface area contributed by atoms with Crippen molar-refractivity contribution >= 4 is 107 Å². The molecule has 6 fully saturated rings. The second-order valence-electron chi connectivity index (χ2n) is 34.3. The maximum absolute atomic E-state index is 13.2. The minimum atomic E-state index is -1.66. The Morgan fingerprint density at radius 1 is 0.406 bits per heavy atom. The first-order chi connectivity index (χ1) is 50.4. The van der Waals surface area contributed by atoms with Crippen molar-refractivity contribution in [1.82, 2.24) is 0 Å².